The predicted octanol–water partition coefficient (Wildman–Crippen LogP) is 3.25. The van der Waals surface area contributed by atoms with E-state index in [-0.39, 0.29) is 5.41 Å². The van der Waals surface area contributed by atoms with Gasteiger partial charge in [-0.2, -0.15) is 0 Å². The lowest BCUT2D eigenvalue weighted by Gasteiger charge is -2.50. The van der Waals surface area contributed by atoms with E-state index in [1.54, 1.807) is 0 Å². The van der Waals surface area contributed by atoms with Gasteiger partial charge in [0.2, 0.25) is 0 Å². The van der Waals surface area contributed by atoms with Crippen molar-refractivity contribution in [1.29, 1.82) is 0 Å². The fourth-order valence-corrected chi connectivity index (χ4v) is 4.21. The molecule has 0 heterocycles. The van der Waals surface area contributed by atoms with Gasteiger partial charge in [0.25, 0.3) is 0 Å². The molecule has 0 aromatic carbocycles. The van der Waals surface area contributed by atoms with Gasteiger partial charge in [0.05, 0.1) is 0 Å². The molecule has 0 aromatic rings. The number of carbonyl (C=O) groups is 1. The van der Waals surface area contributed by atoms with Crippen LogP contribution >= 0.6 is 0 Å². The molecule has 14 heavy (non-hydrogen) atoms. The molecule has 0 radical (unpaired) electrons. The molecule has 0 saturated heterocycles. The normalized spacial score (nSPS) is 46.1. The van der Waals surface area contributed by atoms with Crippen LogP contribution in [0.15, 0.2) is 12.2 Å². The van der Waals surface area contributed by atoms with Crippen LogP contribution in [0, 0.1) is 10.8 Å². The number of hydrogen-bond donors (Lipinski definition) is 0. The largest absolute Gasteiger partial charge is 0.299 e. The first-order chi connectivity index (χ1) is 6.79. The van der Waals surface area contributed by atoms with Crippen LogP contribution in [-0.4, -0.2) is 5.78 Å². The van der Waals surface area contributed by atoms with Gasteiger partial charge in [0.15, 0.2) is 0 Å². The van der Waals surface area contributed by atoms with Crippen LogP contribution in [-0.2, 0) is 4.79 Å². The summed E-state index contributed by atoms with van der Waals surface area (Å²) in [6.07, 6.45) is 14.0. The molecule has 3 aliphatic rings. The molecular formula is C13H18O. The van der Waals surface area contributed by atoms with Crippen molar-refractivity contribution in [1.82, 2.24) is 0 Å². The van der Waals surface area contributed by atoms with Gasteiger partial charge in [0, 0.05) is 11.8 Å². The second-order valence-corrected chi connectivity index (χ2v) is 5.37. The lowest BCUT2D eigenvalue weighted by atomic mass is 9.53. The second kappa shape index (κ2) is 2.71. The Kier molecular flexibility index (Phi) is 1.68. The van der Waals surface area contributed by atoms with Crippen molar-refractivity contribution in [3.05, 3.63) is 12.2 Å². The molecule has 0 bridgehead atoms. The van der Waals surface area contributed by atoms with Gasteiger partial charge >= 0.3 is 0 Å². The molecule has 0 unspecified atom stereocenters. The summed E-state index contributed by atoms with van der Waals surface area (Å²) in [4.78, 5) is 12.1. The molecule has 0 amide bonds. The van der Waals surface area contributed by atoms with Gasteiger partial charge in [-0.15, -0.1) is 0 Å². The van der Waals surface area contributed by atoms with E-state index in [0.29, 0.717) is 11.2 Å². The zero-order valence-electron chi connectivity index (χ0n) is 8.72. The molecule has 2 saturated carbocycles. The minimum absolute atomic E-state index is 0.0972. The Labute approximate surface area is 85.6 Å². The molecule has 76 valence electrons. The SMILES string of the molecule is O=C1CC[C@]23CC=CC[C@@]12CCCC3. The number of hydrogen-bond acceptors (Lipinski definition) is 1. The Hall–Kier alpha value is -0.590. The van der Waals surface area contributed by atoms with Crippen LogP contribution in [0.5, 0.6) is 0 Å². The molecule has 3 aliphatic carbocycles. The van der Waals surface area contributed by atoms with Crippen molar-refractivity contribution in [2.75, 3.05) is 0 Å². The average Bonchev–Trinajstić information content (AvgIpc) is 2.54. The Balaban J connectivity index is 2.09. The maximum Gasteiger partial charge on any atom is 0.139 e. The lowest BCUT2D eigenvalue weighted by Crippen LogP contribution is -2.45. The van der Waals surface area contributed by atoms with Crippen molar-refractivity contribution < 1.29 is 4.79 Å². The number of Topliss-reactive ketones (excluding diaryl/α,β-unsaturated/α-hetero) is 1. The van der Waals surface area contributed by atoms with Crippen LogP contribution in [0.25, 0.3) is 0 Å². The third-order valence-electron chi connectivity index (χ3n) is 5.03. The Morgan fingerprint density at radius 3 is 2.64 bits per heavy atom. The monoisotopic (exact) mass is 190 g/mol. The van der Waals surface area contributed by atoms with Crippen LogP contribution in [0.2, 0.25) is 0 Å². The van der Waals surface area contributed by atoms with E-state index in [2.05, 4.69) is 12.2 Å². The maximum absolute atomic E-state index is 12.1. The first-order valence-corrected chi connectivity index (χ1v) is 5.98. The van der Waals surface area contributed by atoms with E-state index in [9.17, 15) is 4.79 Å². The van der Waals surface area contributed by atoms with Gasteiger partial charge in [0.1, 0.15) is 5.78 Å². The number of carbonyl (C=O) groups excluding carboxylic acids is 1. The highest BCUT2D eigenvalue weighted by atomic mass is 16.1. The summed E-state index contributed by atoms with van der Waals surface area (Å²) in [7, 11) is 0. The summed E-state index contributed by atoms with van der Waals surface area (Å²) in [5.41, 5.74) is 0.497. The molecule has 0 spiro atoms. The van der Waals surface area contributed by atoms with Crippen molar-refractivity contribution in [2.24, 2.45) is 10.8 Å². The van der Waals surface area contributed by atoms with E-state index >= 15 is 0 Å². The Morgan fingerprint density at radius 2 is 1.79 bits per heavy atom. The Morgan fingerprint density at radius 1 is 1.00 bits per heavy atom. The molecule has 3 rings (SSSR count). The molecule has 1 nitrogen and oxygen atoms in total. The average molecular weight is 190 g/mol. The van der Waals surface area contributed by atoms with Gasteiger partial charge in [-0.05, 0) is 37.5 Å². The van der Waals surface area contributed by atoms with E-state index < -0.39 is 0 Å². The van der Waals surface area contributed by atoms with E-state index in [4.69, 9.17) is 0 Å². The highest BCUT2D eigenvalue weighted by Gasteiger charge is 2.59. The maximum atomic E-state index is 12.1. The zero-order valence-corrected chi connectivity index (χ0v) is 8.72. The number of rotatable bonds is 0. The lowest BCUT2D eigenvalue weighted by molar-refractivity contribution is -0.133. The number of allylic oxidation sites excluding steroid dienone is 2. The summed E-state index contributed by atoms with van der Waals surface area (Å²) >= 11 is 0. The summed E-state index contributed by atoms with van der Waals surface area (Å²) in [5.74, 6) is 0.585. The third-order valence-corrected chi connectivity index (χ3v) is 5.03. The van der Waals surface area contributed by atoms with Gasteiger partial charge in [-0.1, -0.05) is 25.0 Å². The first kappa shape index (κ1) is 8.70. The van der Waals surface area contributed by atoms with E-state index in [1.165, 1.54) is 38.5 Å². The molecule has 0 aliphatic heterocycles. The molecule has 2 atom stereocenters. The van der Waals surface area contributed by atoms with E-state index in [0.717, 1.165) is 12.8 Å². The Bertz CT molecular complexity index is 304. The van der Waals surface area contributed by atoms with Crippen molar-refractivity contribution in [3.8, 4) is 0 Å². The van der Waals surface area contributed by atoms with Crippen LogP contribution in [0.1, 0.15) is 51.4 Å². The minimum atomic E-state index is 0.0972. The molecule has 0 N–H and O–H groups in total. The van der Waals surface area contributed by atoms with Crippen LogP contribution in [0.3, 0.4) is 0 Å². The highest BCUT2D eigenvalue weighted by Crippen LogP contribution is 2.64. The number of ketones is 1. The molecule has 0 aromatic heterocycles. The minimum Gasteiger partial charge on any atom is -0.299 e. The van der Waals surface area contributed by atoms with E-state index in [1.807, 2.05) is 0 Å². The van der Waals surface area contributed by atoms with Crippen LogP contribution < -0.4 is 0 Å². The summed E-state index contributed by atoms with van der Waals surface area (Å²) < 4.78 is 0. The summed E-state index contributed by atoms with van der Waals surface area (Å²) in [5, 5.41) is 0. The van der Waals surface area contributed by atoms with Crippen molar-refractivity contribution >= 4 is 5.78 Å². The molecule has 2 fully saturated rings. The van der Waals surface area contributed by atoms with Gasteiger partial charge in [-0.25, -0.2) is 0 Å². The highest BCUT2D eigenvalue weighted by molar-refractivity contribution is 5.88. The molecule has 1 heteroatoms. The standard InChI is InChI=1S/C13H18O/c14-11-5-10-12-6-1-3-8-13(11,12)9-4-2-7-12/h1,3H,2,4-10H2/t12-,13-/m1/s1. The van der Waals surface area contributed by atoms with Crippen LogP contribution in [0.4, 0.5) is 0 Å². The fourth-order valence-electron chi connectivity index (χ4n) is 4.21. The second-order valence-electron chi connectivity index (χ2n) is 5.37. The van der Waals surface area contributed by atoms with Crippen molar-refractivity contribution in [3.63, 3.8) is 0 Å². The quantitative estimate of drug-likeness (QED) is 0.536. The summed E-state index contributed by atoms with van der Waals surface area (Å²) in [6.45, 7) is 0. The smallest absolute Gasteiger partial charge is 0.139 e. The van der Waals surface area contributed by atoms with Gasteiger partial charge < -0.3 is 0 Å². The topological polar surface area (TPSA) is 17.1 Å². The molecular weight excluding hydrogens is 172 g/mol. The van der Waals surface area contributed by atoms with Crippen molar-refractivity contribution in [2.45, 2.75) is 51.4 Å². The summed E-state index contributed by atoms with van der Waals surface area (Å²) in [6, 6.07) is 0. The fraction of sp³-hybridized carbons (Fsp3) is 0.769. The first-order valence-electron chi connectivity index (χ1n) is 5.98. The predicted molar refractivity (Wildman–Crippen MR) is 55.9 cm³/mol. The third kappa shape index (κ3) is 0.838. The zero-order chi connectivity index (χ0) is 9.65. The van der Waals surface area contributed by atoms with Gasteiger partial charge in [-0.3, -0.25) is 4.79 Å².